The maximum atomic E-state index is 9.18. The van der Waals surface area contributed by atoms with E-state index in [1.807, 2.05) is 6.07 Å². The molecular weight excluding hydrogens is 220 g/mol. The normalized spacial score (nSPS) is 19.7. The van der Waals surface area contributed by atoms with Crippen LogP contribution in [0.15, 0.2) is 17.5 Å². The molecule has 2 aromatic rings. The Morgan fingerprint density at radius 1 is 1.56 bits per heavy atom. The molecule has 1 aliphatic rings. The molecule has 0 fully saturated rings. The number of aryl methyl sites for hydroxylation is 1. The Kier molecular flexibility index (Phi) is 2.53. The lowest BCUT2D eigenvalue weighted by atomic mass is 9.91. The third kappa shape index (κ3) is 1.68. The summed E-state index contributed by atoms with van der Waals surface area (Å²) in [6.07, 6.45) is 2.98. The zero-order valence-electron chi connectivity index (χ0n) is 8.94. The SMILES string of the molecule is OCC1CCc2nc(-c3cccs3)[nH]c2C1. The molecule has 0 saturated carbocycles. The Morgan fingerprint density at radius 2 is 2.50 bits per heavy atom. The summed E-state index contributed by atoms with van der Waals surface area (Å²) in [4.78, 5) is 9.21. The van der Waals surface area contributed by atoms with Crippen LogP contribution in [0, 0.1) is 5.92 Å². The highest BCUT2D eigenvalue weighted by Gasteiger charge is 2.21. The van der Waals surface area contributed by atoms with Gasteiger partial charge in [0.15, 0.2) is 0 Å². The van der Waals surface area contributed by atoms with E-state index in [1.165, 1.54) is 16.3 Å². The number of rotatable bonds is 2. The Labute approximate surface area is 98.2 Å². The molecule has 2 N–H and O–H groups in total. The summed E-state index contributed by atoms with van der Waals surface area (Å²) in [6.45, 7) is 0.285. The molecule has 0 spiro atoms. The number of aliphatic hydroxyl groups excluding tert-OH is 1. The highest BCUT2D eigenvalue weighted by molar-refractivity contribution is 7.13. The van der Waals surface area contributed by atoms with Crippen LogP contribution in [-0.4, -0.2) is 21.7 Å². The van der Waals surface area contributed by atoms with E-state index >= 15 is 0 Å². The van der Waals surface area contributed by atoms with E-state index in [0.717, 1.165) is 25.1 Å². The van der Waals surface area contributed by atoms with Crippen molar-refractivity contribution in [2.24, 2.45) is 5.92 Å². The van der Waals surface area contributed by atoms with Crippen molar-refractivity contribution in [2.75, 3.05) is 6.61 Å². The first kappa shape index (κ1) is 10.1. The van der Waals surface area contributed by atoms with Gasteiger partial charge in [0.1, 0.15) is 5.82 Å². The van der Waals surface area contributed by atoms with Crippen LogP contribution < -0.4 is 0 Å². The number of nitrogens with zero attached hydrogens (tertiary/aromatic N) is 1. The smallest absolute Gasteiger partial charge is 0.147 e. The number of aliphatic hydroxyl groups is 1. The molecule has 0 bridgehead atoms. The molecule has 3 rings (SSSR count). The second kappa shape index (κ2) is 4.03. The van der Waals surface area contributed by atoms with Crippen molar-refractivity contribution in [3.05, 3.63) is 28.9 Å². The van der Waals surface area contributed by atoms with Gasteiger partial charge in [-0.05, 0) is 36.6 Å². The third-order valence-corrected chi connectivity index (χ3v) is 4.04. The van der Waals surface area contributed by atoms with Crippen LogP contribution in [0.25, 0.3) is 10.7 Å². The average Bonchev–Trinajstić information content (AvgIpc) is 2.96. The predicted octanol–water partition coefficient (Wildman–Crippen LogP) is 2.24. The first-order chi connectivity index (χ1) is 7.86. The van der Waals surface area contributed by atoms with Gasteiger partial charge in [-0.25, -0.2) is 4.98 Å². The van der Waals surface area contributed by atoms with E-state index in [4.69, 9.17) is 0 Å². The molecule has 16 heavy (non-hydrogen) atoms. The average molecular weight is 234 g/mol. The van der Waals surface area contributed by atoms with Gasteiger partial charge in [0, 0.05) is 12.3 Å². The molecular formula is C12H14N2OS. The van der Waals surface area contributed by atoms with Crippen molar-refractivity contribution in [2.45, 2.75) is 19.3 Å². The molecule has 3 nitrogen and oxygen atoms in total. The van der Waals surface area contributed by atoms with E-state index in [9.17, 15) is 5.11 Å². The van der Waals surface area contributed by atoms with Crippen molar-refractivity contribution in [1.82, 2.24) is 9.97 Å². The van der Waals surface area contributed by atoms with E-state index in [0.29, 0.717) is 5.92 Å². The number of aromatic nitrogens is 2. The van der Waals surface area contributed by atoms with Crippen molar-refractivity contribution < 1.29 is 5.11 Å². The predicted molar refractivity (Wildman–Crippen MR) is 64.5 cm³/mol. The summed E-state index contributed by atoms with van der Waals surface area (Å²) >= 11 is 1.70. The fourth-order valence-corrected chi connectivity index (χ4v) is 2.91. The molecule has 1 atom stereocenters. The largest absolute Gasteiger partial charge is 0.396 e. The fraction of sp³-hybridized carbons (Fsp3) is 0.417. The van der Waals surface area contributed by atoms with Crippen molar-refractivity contribution in [3.63, 3.8) is 0 Å². The highest BCUT2D eigenvalue weighted by atomic mass is 32.1. The topological polar surface area (TPSA) is 48.9 Å². The maximum absolute atomic E-state index is 9.18. The second-order valence-electron chi connectivity index (χ2n) is 4.28. The van der Waals surface area contributed by atoms with Crippen LogP contribution in [-0.2, 0) is 12.8 Å². The summed E-state index contributed by atoms with van der Waals surface area (Å²) < 4.78 is 0. The van der Waals surface area contributed by atoms with Crippen LogP contribution in [0.2, 0.25) is 0 Å². The molecule has 4 heteroatoms. The minimum atomic E-state index is 0.285. The van der Waals surface area contributed by atoms with Crippen LogP contribution in [0.5, 0.6) is 0 Å². The zero-order valence-corrected chi connectivity index (χ0v) is 9.76. The Bertz CT molecular complexity index is 475. The molecule has 1 aliphatic carbocycles. The van der Waals surface area contributed by atoms with Gasteiger partial charge in [-0.3, -0.25) is 0 Å². The second-order valence-corrected chi connectivity index (χ2v) is 5.23. The molecule has 2 heterocycles. The first-order valence-electron chi connectivity index (χ1n) is 5.59. The monoisotopic (exact) mass is 234 g/mol. The number of H-pyrrole nitrogens is 1. The quantitative estimate of drug-likeness (QED) is 0.837. The first-order valence-corrected chi connectivity index (χ1v) is 6.47. The van der Waals surface area contributed by atoms with Crippen LogP contribution in [0.3, 0.4) is 0 Å². The highest BCUT2D eigenvalue weighted by Crippen LogP contribution is 2.28. The molecule has 0 amide bonds. The minimum Gasteiger partial charge on any atom is -0.396 e. The molecule has 1 unspecified atom stereocenters. The maximum Gasteiger partial charge on any atom is 0.147 e. The van der Waals surface area contributed by atoms with Gasteiger partial charge < -0.3 is 10.1 Å². The van der Waals surface area contributed by atoms with Crippen molar-refractivity contribution in [3.8, 4) is 10.7 Å². The zero-order chi connectivity index (χ0) is 11.0. The number of thiophene rings is 1. The van der Waals surface area contributed by atoms with E-state index in [-0.39, 0.29) is 6.61 Å². The van der Waals surface area contributed by atoms with Crippen molar-refractivity contribution >= 4 is 11.3 Å². The van der Waals surface area contributed by atoms with Gasteiger partial charge in [-0.15, -0.1) is 11.3 Å². The van der Waals surface area contributed by atoms with E-state index in [1.54, 1.807) is 11.3 Å². The number of hydrogen-bond acceptors (Lipinski definition) is 3. The lowest BCUT2D eigenvalue weighted by Gasteiger charge is -2.18. The summed E-state index contributed by atoms with van der Waals surface area (Å²) in [5, 5.41) is 11.2. The third-order valence-electron chi connectivity index (χ3n) is 3.16. The van der Waals surface area contributed by atoms with Gasteiger partial charge in [0.25, 0.3) is 0 Å². The Balaban J connectivity index is 1.92. The standard InChI is InChI=1S/C12H14N2OS/c15-7-8-3-4-9-10(6-8)14-12(13-9)11-2-1-5-16-11/h1-2,5,8,15H,3-4,6-7H2,(H,13,14). The van der Waals surface area contributed by atoms with E-state index < -0.39 is 0 Å². The lowest BCUT2D eigenvalue weighted by molar-refractivity contribution is 0.212. The van der Waals surface area contributed by atoms with Gasteiger partial charge in [0.2, 0.25) is 0 Å². The number of hydrogen-bond donors (Lipinski definition) is 2. The number of fused-ring (bicyclic) bond motifs is 1. The number of nitrogens with one attached hydrogen (secondary N) is 1. The number of aromatic amines is 1. The van der Waals surface area contributed by atoms with Gasteiger partial charge in [-0.1, -0.05) is 6.07 Å². The van der Waals surface area contributed by atoms with Crippen molar-refractivity contribution in [1.29, 1.82) is 0 Å². The molecule has 0 radical (unpaired) electrons. The summed E-state index contributed by atoms with van der Waals surface area (Å²) in [6, 6.07) is 4.12. The molecule has 0 aliphatic heterocycles. The molecule has 0 saturated heterocycles. The minimum absolute atomic E-state index is 0.285. The summed E-state index contributed by atoms with van der Waals surface area (Å²) in [7, 11) is 0. The van der Waals surface area contributed by atoms with Crippen LogP contribution in [0.4, 0.5) is 0 Å². The van der Waals surface area contributed by atoms with Gasteiger partial charge in [-0.2, -0.15) is 0 Å². The lowest BCUT2D eigenvalue weighted by Crippen LogP contribution is -2.17. The van der Waals surface area contributed by atoms with Crippen LogP contribution in [0.1, 0.15) is 17.8 Å². The fourth-order valence-electron chi connectivity index (χ4n) is 2.24. The van der Waals surface area contributed by atoms with Gasteiger partial charge in [0.05, 0.1) is 10.6 Å². The number of imidazole rings is 1. The molecule has 2 aromatic heterocycles. The van der Waals surface area contributed by atoms with Gasteiger partial charge >= 0.3 is 0 Å². The molecule has 84 valence electrons. The van der Waals surface area contributed by atoms with E-state index in [2.05, 4.69) is 21.4 Å². The van der Waals surface area contributed by atoms with Crippen LogP contribution >= 0.6 is 11.3 Å². The molecule has 0 aromatic carbocycles. The Hall–Kier alpha value is -1.13. The Morgan fingerprint density at radius 3 is 3.25 bits per heavy atom. The summed E-state index contributed by atoms with van der Waals surface area (Å²) in [5.41, 5.74) is 2.40. The summed E-state index contributed by atoms with van der Waals surface area (Å²) in [5.74, 6) is 1.39.